The molecule has 0 unspecified atom stereocenters. The molecule has 1 fully saturated rings. The van der Waals surface area contributed by atoms with Crippen LogP contribution in [0.2, 0.25) is 0 Å². The molecule has 1 heterocycles. The van der Waals surface area contributed by atoms with Crippen molar-refractivity contribution < 1.29 is 14.3 Å². The number of cyclic esters (lactones) is 1. The summed E-state index contributed by atoms with van der Waals surface area (Å²) in [5.41, 5.74) is 0. The Kier molecular flexibility index (Phi) is 0.445. The quantitative estimate of drug-likeness (QED) is 0.288. The Labute approximate surface area is 33.9 Å². The molecule has 0 atom stereocenters. The van der Waals surface area contributed by atoms with Gasteiger partial charge < -0.3 is 4.74 Å². The number of esters is 1. The van der Waals surface area contributed by atoms with Crippen LogP contribution in [-0.2, 0) is 14.3 Å². The van der Waals surface area contributed by atoms with Crippen LogP contribution in [0.15, 0.2) is 0 Å². The van der Waals surface area contributed by atoms with E-state index in [0.717, 1.165) is 6.61 Å². The van der Waals surface area contributed by atoms with Gasteiger partial charge in [-0.2, -0.15) is 0 Å². The molecule has 0 bridgehead atoms. The Bertz CT molecular complexity index is 90.6. The second-order valence-corrected chi connectivity index (χ2v) is 0.887. The molecule has 0 aromatic carbocycles. The van der Waals surface area contributed by atoms with E-state index in [1.54, 1.807) is 0 Å². The molecule has 0 saturated carbocycles. The normalized spacial score (nSPS) is 19.3. The van der Waals surface area contributed by atoms with Gasteiger partial charge in [0.15, 0.2) is 0 Å². The molecule has 0 amide bonds. The Morgan fingerprint density at radius 3 is 2.00 bits per heavy atom. The van der Waals surface area contributed by atoms with Crippen LogP contribution in [0.1, 0.15) is 0 Å². The maximum absolute atomic E-state index is 9.70. The molecule has 3 heteroatoms. The van der Waals surface area contributed by atoms with E-state index in [9.17, 15) is 9.59 Å². The molecule has 1 aliphatic rings. The Balaban J connectivity index is 2.61. The van der Waals surface area contributed by atoms with Gasteiger partial charge in [0.1, 0.15) is 0 Å². The first-order valence-corrected chi connectivity index (χ1v) is 1.39. The van der Waals surface area contributed by atoms with E-state index in [1.807, 2.05) is 0 Å². The molecular formula is C3HO3. The molecule has 1 saturated heterocycles. The SMILES string of the molecule is O=C1[CH]OC1=O. The highest BCUT2D eigenvalue weighted by molar-refractivity contribution is 6.42. The van der Waals surface area contributed by atoms with Crippen molar-refractivity contribution in [3.8, 4) is 0 Å². The molecule has 1 aliphatic heterocycles. The zero-order valence-corrected chi connectivity index (χ0v) is 2.80. The highest BCUT2D eigenvalue weighted by Gasteiger charge is 2.27. The van der Waals surface area contributed by atoms with Crippen LogP contribution in [0, 0.1) is 6.61 Å². The lowest BCUT2D eigenvalue weighted by molar-refractivity contribution is -0.162. The van der Waals surface area contributed by atoms with Crippen molar-refractivity contribution in [3.05, 3.63) is 6.61 Å². The average molecular weight is 85.0 g/mol. The fourth-order valence-electron chi connectivity index (χ4n) is 0.155. The third-order valence-corrected chi connectivity index (χ3v) is 0.474. The van der Waals surface area contributed by atoms with Crippen LogP contribution >= 0.6 is 0 Å². The summed E-state index contributed by atoms with van der Waals surface area (Å²) in [6, 6.07) is 0. The second-order valence-electron chi connectivity index (χ2n) is 0.887. The molecule has 0 N–H and O–H groups in total. The van der Waals surface area contributed by atoms with E-state index in [1.165, 1.54) is 0 Å². The third kappa shape index (κ3) is 0.217. The third-order valence-electron chi connectivity index (χ3n) is 0.474. The standard InChI is InChI=1S/C3HO3/c4-2-1-6-3(2)5/h1H. The Morgan fingerprint density at radius 1 is 1.50 bits per heavy atom. The number of rotatable bonds is 0. The molecular weight excluding hydrogens is 84.0 g/mol. The van der Waals surface area contributed by atoms with E-state index in [4.69, 9.17) is 0 Å². The van der Waals surface area contributed by atoms with Gasteiger partial charge in [-0.1, -0.05) is 0 Å². The predicted octanol–water partition coefficient (Wildman–Crippen LogP) is -0.726. The molecule has 31 valence electrons. The number of hydrogen-bond acceptors (Lipinski definition) is 3. The molecule has 0 aromatic heterocycles. The molecule has 0 spiro atoms. The van der Waals surface area contributed by atoms with Crippen LogP contribution in [0.5, 0.6) is 0 Å². The molecule has 1 rings (SSSR count). The number of hydrogen-bond donors (Lipinski definition) is 0. The first kappa shape index (κ1) is 3.33. The summed E-state index contributed by atoms with van der Waals surface area (Å²) in [5, 5.41) is 0. The predicted molar refractivity (Wildman–Crippen MR) is 15.4 cm³/mol. The van der Waals surface area contributed by atoms with Gasteiger partial charge in [-0.15, -0.1) is 0 Å². The largest absolute Gasteiger partial charge is 0.443 e. The summed E-state index contributed by atoms with van der Waals surface area (Å²) in [4.78, 5) is 19.3. The monoisotopic (exact) mass is 85.0 g/mol. The van der Waals surface area contributed by atoms with Crippen molar-refractivity contribution in [3.63, 3.8) is 0 Å². The number of ketones is 1. The lowest BCUT2D eigenvalue weighted by Gasteiger charge is -2.05. The smallest absolute Gasteiger partial charge is 0.379 e. The van der Waals surface area contributed by atoms with Gasteiger partial charge in [-0.3, -0.25) is 4.79 Å². The van der Waals surface area contributed by atoms with E-state index >= 15 is 0 Å². The van der Waals surface area contributed by atoms with Gasteiger partial charge in [0, 0.05) is 0 Å². The van der Waals surface area contributed by atoms with Gasteiger partial charge >= 0.3 is 5.97 Å². The maximum Gasteiger partial charge on any atom is 0.379 e. The van der Waals surface area contributed by atoms with Crippen molar-refractivity contribution in [2.75, 3.05) is 0 Å². The van der Waals surface area contributed by atoms with E-state index < -0.39 is 11.8 Å². The minimum atomic E-state index is -0.755. The fourth-order valence-corrected chi connectivity index (χ4v) is 0.155. The Hall–Kier alpha value is -0.860. The lowest BCUT2D eigenvalue weighted by Crippen LogP contribution is -2.29. The summed E-state index contributed by atoms with van der Waals surface area (Å²) in [7, 11) is 0. The topological polar surface area (TPSA) is 43.4 Å². The zero-order valence-electron chi connectivity index (χ0n) is 2.80. The maximum atomic E-state index is 9.70. The van der Waals surface area contributed by atoms with E-state index in [0.29, 0.717) is 0 Å². The van der Waals surface area contributed by atoms with Crippen molar-refractivity contribution in [1.82, 2.24) is 0 Å². The first-order chi connectivity index (χ1) is 2.80. The number of ether oxygens (including phenoxy) is 1. The van der Waals surface area contributed by atoms with Crippen LogP contribution < -0.4 is 0 Å². The zero-order chi connectivity index (χ0) is 4.57. The average Bonchev–Trinajstić information content (AvgIpc) is 1.61. The molecule has 0 aliphatic carbocycles. The van der Waals surface area contributed by atoms with Crippen LogP contribution in [-0.4, -0.2) is 11.8 Å². The molecule has 3 nitrogen and oxygen atoms in total. The van der Waals surface area contributed by atoms with Crippen molar-refractivity contribution in [1.29, 1.82) is 0 Å². The fraction of sp³-hybridized carbons (Fsp3) is 0. The summed E-state index contributed by atoms with van der Waals surface area (Å²) < 4.78 is 3.93. The van der Waals surface area contributed by atoms with Crippen molar-refractivity contribution in [2.24, 2.45) is 0 Å². The lowest BCUT2D eigenvalue weighted by atomic mass is 10.3. The number of carbonyl (C=O) groups excluding carboxylic acids is 2. The number of carbonyl (C=O) groups is 2. The highest BCUT2D eigenvalue weighted by Crippen LogP contribution is 1.98. The van der Waals surface area contributed by atoms with Gasteiger partial charge in [0.2, 0.25) is 6.61 Å². The second kappa shape index (κ2) is 0.801. The van der Waals surface area contributed by atoms with E-state index in [-0.39, 0.29) is 0 Å². The highest BCUT2D eigenvalue weighted by atomic mass is 16.6. The summed E-state index contributed by atoms with van der Waals surface area (Å²) in [6.45, 7) is 0.877. The summed E-state index contributed by atoms with van der Waals surface area (Å²) in [6.07, 6.45) is 0. The molecule has 0 aromatic rings. The first-order valence-electron chi connectivity index (χ1n) is 1.39. The summed E-state index contributed by atoms with van der Waals surface area (Å²) in [5.74, 6) is -1.30. The molecule has 6 heavy (non-hydrogen) atoms. The van der Waals surface area contributed by atoms with Crippen LogP contribution in [0.25, 0.3) is 0 Å². The van der Waals surface area contributed by atoms with Crippen LogP contribution in [0.4, 0.5) is 0 Å². The van der Waals surface area contributed by atoms with Gasteiger partial charge in [-0.25, -0.2) is 4.79 Å². The van der Waals surface area contributed by atoms with Crippen LogP contribution in [0.3, 0.4) is 0 Å². The van der Waals surface area contributed by atoms with Gasteiger partial charge in [0.25, 0.3) is 5.78 Å². The minimum Gasteiger partial charge on any atom is -0.443 e. The molecule has 1 radical (unpaired) electrons. The van der Waals surface area contributed by atoms with Gasteiger partial charge in [0.05, 0.1) is 0 Å². The Morgan fingerprint density at radius 2 is 2.00 bits per heavy atom. The van der Waals surface area contributed by atoms with Crippen molar-refractivity contribution in [2.45, 2.75) is 0 Å². The minimum absolute atomic E-state index is 0.546. The van der Waals surface area contributed by atoms with Gasteiger partial charge in [-0.05, 0) is 0 Å². The van der Waals surface area contributed by atoms with E-state index in [2.05, 4.69) is 4.74 Å². The van der Waals surface area contributed by atoms with Crippen molar-refractivity contribution >= 4 is 11.8 Å². The number of Topliss-reactive ketones (excluding diaryl/α,β-unsaturated/α-hetero) is 1. The summed E-state index contributed by atoms with van der Waals surface area (Å²) >= 11 is 0.